The molecule has 3 aliphatic rings. The summed E-state index contributed by atoms with van der Waals surface area (Å²) >= 11 is 7.13. The van der Waals surface area contributed by atoms with Crippen LogP contribution < -0.4 is 9.64 Å². The number of carbonyl (C=O) groups excluding carboxylic acids is 1. The molecule has 1 amide bonds. The first-order valence-electron chi connectivity index (χ1n) is 15.2. The summed E-state index contributed by atoms with van der Waals surface area (Å²) in [5.41, 5.74) is 2.59. The van der Waals surface area contributed by atoms with Gasteiger partial charge in [0.25, 0.3) is 0 Å². The average Bonchev–Trinajstić information content (AvgIpc) is 3.34. The second-order valence-corrected chi connectivity index (χ2v) is 13.3. The van der Waals surface area contributed by atoms with Crippen molar-refractivity contribution in [1.29, 1.82) is 0 Å². The number of aryl methyl sites for hydroxylation is 1. The molecule has 44 heavy (non-hydrogen) atoms. The summed E-state index contributed by atoms with van der Waals surface area (Å²) in [4.78, 5) is 30.6. The second kappa shape index (κ2) is 10.7. The quantitative estimate of drug-likeness (QED) is 0.245. The van der Waals surface area contributed by atoms with Crippen LogP contribution in [0.2, 0.25) is 5.02 Å². The van der Waals surface area contributed by atoms with E-state index in [1.54, 1.807) is 11.2 Å². The Morgan fingerprint density at radius 2 is 1.93 bits per heavy atom. The lowest BCUT2D eigenvalue weighted by atomic mass is 9.96. The van der Waals surface area contributed by atoms with Gasteiger partial charge in [0, 0.05) is 36.9 Å². The monoisotopic (exact) mass is 622 g/mol. The Balaban J connectivity index is 1.34. The molecule has 3 aliphatic heterocycles. The largest absolute Gasteiger partial charge is 0.489 e. The van der Waals surface area contributed by atoms with Crippen molar-refractivity contribution in [1.82, 2.24) is 24.4 Å². The van der Waals surface area contributed by atoms with E-state index in [2.05, 4.69) is 14.9 Å². The first-order valence-corrected chi connectivity index (χ1v) is 15.5. The maximum atomic E-state index is 16.8. The molecule has 4 aromatic rings. The molecular formula is C32H36ClFN6O4. The minimum atomic E-state index is -0.620. The van der Waals surface area contributed by atoms with Crippen molar-refractivity contribution in [2.75, 3.05) is 31.2 Å². The van der Waals surface area contributed by atoms with Gasteiger partial charge in [0.2, 0.25) is 0 Å². The molecule has 232 valence electrons. The van der Waals surface area contributed by atoms with Gasteiger partial charge in [-0.3, -0.25) is 0 Å². The molecule has 0 N–H and O–H groups in total. The molecule has 5 heterocycles. The molecule has 2 aromatic carbocycles. The summed E-state index contributed by atoms with van der Waals surface area (Å²) in [5, 5.41) is 0.562. The van der Waals surface area contributed by atoms with E-state index in [0.29, 0.717) is 47.7 Å². The number of piperazine rings is 1. The van der Waals surface area contributed by atoms with Gasteiger partial charge in [-0.25, -0.2) is 24.1 Å². The fourth-order valence-electron chi connectivity index (χ4n) is 6.65. The number of carbonyl (C=O) groups is 1. The van der Waals surface area contributed by atoms with E-state index in [-0.39, 0.29) is 47.1 Å². The molecule has 0 radical (unpaired) electrons. The highest BCUT2D eigenvalue weighted by molar-refractivity contribution is 6.37. The van der Waals surface area contributed by atoms with Gasteiger partial charge in [0.15, 0.2) is 11.6 Å². The Morgan fingerprint density at radius 3 is 2.68 bits per heavy atom. The number of imidazole rings is 1. The third-order valence-electron chi connectivity index (χ3n) is 8.73. The Morgan fingerprint density at radius 1 is 1.11 bits per heavy atom. The zero-order chi connectivity index (χ0) is 30.9. The summed E-state index contributed by atoms with van der Waals surface area (Å²) in [7, 11) is 0. The van der Waals surface area contributed by atoms with Crippen molar-refractivity contribution in [3.05, 3.63) is 41.2 Å². The molecule has 10 nitrogen and oxygen atoms in total. The molecule has 0 bridgehead atoms. The van der Waals surface area contributed by atoms with Gasteiger partial charge in [-0.15, -0.1) is 0 Å². The third-order valence-corrected chi connectivity index (χ3v) is 9.09. The molecule has 2 fully saturated rings. The van der Waals surface area contributed by atoms with Crippen LogP contribution in [0.3, 0.4) is 0 Å². The number of amides is 1. The van der Waals surface area contributed by atoms with Crippen LogP contribution in [0.15, 0.2) is 24.8 Å². The molecule has 0 spiro atoms. The highest BCUT2D eigenvalue weighted by atomic mass is 35.5. The lowest BCUT2D eigenvalue weighted by molar-refractivity contribution is -0.0295. The van der Waals surface area contributed by atoms with E-state index in [0.717, 1.165) is 30.3 Å². The number of hydrogen-bond acceptors (Lipinski definition) is 8. The summed E-state index contributed by atoms with van der Waals surface area (Å²) < 4.78 is 36.9. The molecule has 1 unspecified atom stereocenters. The minimum Gasteiger partial charge on any atom is -0.489 e. The normalized spacial score (nSPS) is 22.1. The van der Waals surface area contributed by atoms with Crippen molar-refractivity contribution in [3.63, 3.8) is 0 Å². The first-order chi connectivity index (χ1) is 21.0. The van der Waals surface area contributed by atoms with Gasteiger partial charge in [-0.05, 0) is 65.5 Å². The summed E-state index contributed by atoms with van der Waals surface area (Å²) in [6.07, 6.45) is 5.63. The molecule has 3 atom stereocenters. The molecule has 2 aromatic heterocycles. The fourth-order valence-corrected chi connectivity index (χ4v) is 6.97. The second-order valence-electron chi connectivity index (χ2n) is 13.0. The molecule has 12 heteroatoms. The van der Waals surface area contributed by atoms with E-state index in [4.69, 9.17) is 30.8 Å². The fraction of sp³-hybridized carbons (Fsp3) is 0.500. The van der Waals surface area contributed by atoms with Crippen LogP contribution in [0.5, 0.6) is 5.75 Å². The van der Waals surface area contributed by atoms with E-state index in [1.165, 1.54) is 6.33 Å². The Bertz CT molecular complexity index is 1780. The minimum absolute atomic E-state index is 0.121. The van der Waals surface area contributed by atoms with Crippen LogP contribution in [0.4, 0.5) is 15.0 Å². The van der Waals surface area contributed by atoms with Gasteiger partial charge < -0.3 is 28.6 Å². The Hall–Kier alpha value is -3.70. The topological polar surface area (TPSA) is 94.8 Å². The number of halogens is 2. The predicted molar refractivity (Wildman–Crippen MR) is 166 cm³/mol. The molecule has 2 saturated heterocycles. The van der Waals surface area contributed by atoms with Crippen LogP contribution in [0.25, 0.3) is 33.1 Å². The molecular weight excluding hydrogens is 587 g/mol. The van der Waals surface area contributed by atoms with Crippen LogP contribution in [0.1, 0.15) is 58.7 Å². The van der Waals surface area contributed by atoms with Crippen molar-refractivity contribution in [2.24, 2.45) is 0 Å². The van der Waals surface area contributed by atoms with Crippen LogP contribution >= 0.6 is 11.6 Å². The predicted octanol–water partition coefficient (Wildman–Crippen LogP) is 6.65. The zero-order valence-corrected chi connectivity index (χ0v) is 26.3. The number of nitrogens with zero attached hydrogens (tertiary/aromatic N) is 6. The molecule has 0 saturated carbocycles. The van der Waals surface area contributed by atoms with E-state index in [1.807, 2.05) is 51.3 Å². The highest BCUT2D eigenvalue weighted by Gasteiger charge is 2.41. The number of hydrogen-bond donors (Lipinski definition) is 0. The van der Waals surface area contributed by atoms with Crippen molar-refractivity contribution >= 4 is 45.4 Å². The number of rotatable bonds is 2. The van der Waals surface area contributed by atoms with Crippen LogP contribution in [-0.2, 0) is 9.47 Å². The van der Waals surface area contributed by atoms with Crippen molar-refractivity contribution < 1.29 is 23.4 Å². The van der Waals surface area contributed by atoms with Crippen molar-refractivity contribution in [3.8, 4) is 16.9 Å². The Kier molecular flexibility index (Phi) is 7.08. The first kappa shape index (κ1) is 29.0. The van der Waals surface area contributed by atoms with E-state index < -0.39 is 11.4 Å². The maximum Gasteiger partial charge on any atom is 0.410 e. The van der Waals surface area contributed by atoms with E-state index in [9.17, 15) is 4.79 Å². The standard InChI is InChI=1S/C32H36ClFN6O4/c1-17-9-10-20-27(37-16-40(20)21-8-6-7-11-42-21)22(17)23-25(33)29-24-28(26(23)34)35-15-36-30(24)39-12-18(2)38(13-19(39)14-43-29)31(41)44-32(3,4)5/h9-10,15-16,18-19,21H,6-8,11-14H2,1-5H3/t18-,19+,21?/m1/s1. The van der Waals surface area contributed by atoms with E-state index >= 15 is 4.39 Å². The highest BCUT2D eigenvalue weighted by Crippen LogP contribution is 2.49. The van der Waals surface area contributed by atoms with Crippen LogP contribution in [0, 0.1) is 12.7 Å². The summed E-state index contributed by atoms with van der Waals surface area (Å²) in [5.74, 6) is 0.300. The van der Waals surface area contributed by atoms with Crippen LogP contribution in [-0.4, -0.2) is 74.5 Å². The van der Waals surface area contributed by atoms with Crippen molar-refractivity contribution in [2.45, 2.75) is 77.8 Å². The number of anilines is 1. The lowest BCUT2D eigenvalue weighted by Gasteiger charge is -2.44. The number of fused-ring (bicyclic) bond motifs is 3. The van der Waals surface area contributed by atoms with Gasteiger partial charge >= 0.3 is 6.09 Å². The average molecular weight is 623 g/mol. The van der Waals surface area contributed by atoms with Gasteiger partial charge in [-0.1, -0.05) is 17.7 Å². The molecule has 7 rings (SSSR count). The Labute approximate surface area is 260 Å². The molecule has 0 aliphatic carbocycles. The maximum absolute atomic E-state index is 16.8. The summed E-state index contributed by atoms with van der Waals surface area (Å²) in [6, 6.07) is 3.50. The number of ether oxygens (including phenoxy) is 3. The number of aromatic nitrogens is 4. The smallest absolute Gasteiger partial charge is 0.410 e. The van der Waals surface area contributed by atoms with Gasteiger partial charge in [0.1, 0.15) is 36.1 Å². The number of benzene rings is 2. The SMILES string of the molecule is Cc1ccc2c(ncn2C2CCCCO2)c1-c1c(Cl)c2c3c(ncnc3c1F)N1C[C@@H](C)N(C(=O)OC(C)(C)C)C[C@H]1CO2. The third kappa shape index (κ3) is 4.72. The lowest BCUT2D eigenvalue weighted by Crippen LogP contribution is -2.61. The summed E-state index contributed by atoms with van der Waals surface area (Å²) in [6.45, 7) is 11.1. The van der Waals surface area contributed by atoms with Gasteiger partial charge in [-0.2, -0.15) is 0 Å². The zero-order valence-electron chi connectivity index (χ0n) is 25.6. The van der Waals surface area contributed by atoms with Gasteiger partial charge in [0.05, 0.1) is 33.8 Å².